The van der Waals surface area contributed by atoms with Crippen molar-refractivity contribution in [3.8, 4) is 0 Å². The van der Waals surface area contributed by atoms with E-state index in [9.17, 15) is 0 Å². The van der Waals surface area contributed by atoms with Gasteiger partial charge in [-0.1, -0.05) is 13.8 Å². The van der Waals surface area contributed by atoms with Crippen molar-refractivity contribution in [1.29, 1.82) is 0 Å². The van der Waals surface area contributed by atoms with E-state index < -0.39 is 0 Å². The average Bonchev–Trinajstić information content (AvgIpc) is 2.10. The molecule has 1 aliphatic heterocycles. The molecule has 0 aromatic rings. The van der Waals surface area contributed by atoms with E-state index in [2.05, 4.69) is 18.7 Å². The Hall–Kier alpha value is 0.390. The van der Waals surface area contributed by atoms with Crippen LogP contribution in [0, 0.1) is 0 Å². The minimum atomic E-state index is 0.773. The van der Waals surface area contributed by atoms with Gasteiger partial charge >= 0.3 is 0 Å². The van der Waals surface area contributed by atoms with Crippen molar-refractivity contribution in [1.82, 2.24) is 4.90 Å². The van der Waals surface area contributed by atoms with Gasteiger partial charge in [-0.2, -0.15) is 0 Å². The second kappa shape index (κ2) is 7.06. The summed E-state index contributed by atoms with van der Waals surface area (Å²) in [5, 5.41) is 0. The van der Waals surface area contributed by atoms with Crippen LogP contribution >= 0.6 is 8.58 Å². The summed E-state index contributed by atoms with van der Waals surface area (Å²) in [7, 11) is 1.24. The quantitative estimate of drug-likeness (QED) is 0.553. The summed E-state index contributed by atoms with van der Waals surface area (Å²) in [5.41, 5.74) is 0. The van der Waals surface area contributed by atoms with Crippen LogP contribution < -0.4 is 0 Å². The molecule has 68 valence electrons. The Morgan fingerprint density at radius 3 is 1.82 bits per heavy atom. The molecular weight excluding hydrogens is 153 g/mol. The van der Waals surface area contributed by atoms with Crippen molar-refractivity contribution in [3.05, 3.63) is 0 Å². The van der Waals surface area contributed by atoms with Crippen molar-refractivity contribution >= 4 is 8.58 Å². The predicted octanol–water partition coefficient (Wildman–Crippen LogP) is 2.42. The van der Waals surface area contributed by atoms with E-state index in [1.54, 1.807) is 0 Å². The molecule has 11 heavy (non-hydrogen) atoms. The summed E-state index contributed by atoms with van der Waals surface area (Å²) < 4.78 is 0. The molecule has 0 aromatic heterocycles. The van der Waals surface area contributed by atoms with Gasteiger partial charge in [-0.15, -0.1) is 8.58 Å². The molecule has 0 aromatic carbocycles. The Kier molecular flexibility index (Phi) is 7.31. The maximum atomic E-state index is 2.57. The number of hydrogen-bond donors (Lipinski definition) is 0. The van der Waals surface area contributed by atoms with Crippen molar-refractivity contribution in [2.75, 3.05) is 25.4 Å². The minimum absolute atomic E-state index is 0.773. The summed E-state index contributed by atoms with van der Waals surface area (Å²) >= 11 is 0. The van der Waals surface area contributed by atoms with Crippen LogP contribution in [0.3, 0.4) is 0 Å². The summed E-state index contributed by atoms with van der Waals surface area (Å²) in [4.78, 5) is 2.57. The number of rotatable bonds is 1. The molecule has 0 radical (unpaired) electrons. The van der Waals surface area contributed by atoms with Gasteiger partial charge in [-0.05, 0) is 26.2 Å². The molecule has 0 bridgehead atoms. The zero-order valence-corrected chi connectivity index (χ0v) is 9.35. The molecule has 1 nitrogen and oxygen atoms in total. The third-order valence-corrected chi connectivity index (χ3v) is 3.04. The molecule has 1 aliphatic rings. The summed E-state index contributed by atoms with van der Waals surface area (Å²) in [6, 6.07) is 0.773. The standard InChI is InChI=1S/C7H16NP.C2H6/c1-7(2)8-3-5-9-6-4-8;1-2/h7,9H,3-6H2,1-2H3;1-2H3. The van der Waals surface area contributed by atoms with E-state index in [1.165, 1.54) is 34.0 Å². The lowest BCUT2D eigenvalue weighted by Gasteiger charge is -2.29. The van der Waals surface area contributed by atoms with Crippen LogP contribution in [-0.4, -0.2) is 36.4 Å². The van der Waals surface area contributed by atoms with Crippen LogP contribution in [0.4, 0.5) is 0 Å². The molecule has 0 spiro atoms. The number of hydrogen-bond acceptors (Lipinski definition) is 1. The van der Waals surface area contributed by atoms with E-state index in [1.807, 2.05) is 13.8 Å². The molecule has 0 unspecified atom stereocenters. The van der Waals surface area contributed by atoms with Gasteiger partial charge in [-0.3, -0.25) is 0 Å². The zero-order valence-electron chi connectivity index (χ0n) is 8.35. The van der Waals surface area contributed by atoms with E-state index in [0.717, 1.165) is 6.04 Å². The molecule has 1 heterocycles. The Morgan fingerprint density at radius 1 is 1.09 bits per heavy atom. The first-order chi connectivity index (χ1) is 5.30. The highest BCUT2D eigenvalue weighted by Gasteiger charge is 2.11. The lowest BCUT2D eigenvalue weighted by atomic mass is 10.3. The first-order valence-corrected chi connectivity index (χ1v) is 6.17. The SMILES string of the molecule is CC.CC(C)N1CCPCC1. The van der Waals surface area contributed by atoms with Crippen LogP contribution in [-0.2, 0) is 0 Å². The van der Waals surface area contributed by atoms with E-state index in [-0.39, 0.29) is 0 Å². The van der Waals surface area contributed by atoms with Gasteiger partial charge in [0.2, 0.25) is 0 Å². The molecule has 0 atom stereocenters. The molecule has 1 fully saturated rings. The highest BCUT2D eigenvalue weighted by Crippen LogP contribution is 2.16. The lowest BCUT2D eigenvalue weighted by Crippen LogP contribution is -2.37. The lowest BCUT2D eigenvalue weighted by molar-refractivity contribution is 0.244. The Labute approximate surface area is 73.3 Å². The fourth-order valence-electron chi connectivity index (χ4n) is 1.20. The van der Waals surface area contributed by atoms with Gasteiger partial charge < -0.3 is 4.90 Å². The first-order valence-electron chi connectivity index (χ1n) is 4.75. The van der Waals surface area contributed by atoms with Crippen LogP contribution in [0.25, 0.3) is 0 Å². The topological polar surface area (TPSA) is 3.24 Å². The van der Waals surface area contributed by atoms with Crippen molar-refractivity contribution in [3.63, 3.8) is 0 Å². The average molecular weight is 175 g/mol. The predicted molar refractivity (Wildman–Crippen MR) is 56.1 cm³/mol. The summed E-state index contributed by atoms with van der Waals surface area (Å²) in [5.74, 6) is 0. The Morgan fingerprint density at radius 2 is 1.55 bits per heavy atom. The van der Waals surface area contributed by atoms with Crippen LogP contribution in [0.5, 0.6) is 0 Å². The second-order valence-corrected chi connectivity index (χ2v) is 4.38. The molecular formula is C9H22NP. The maximum absolute atomic E-state index is 2.57. The fourth-order valence-corrected chi connectivity index (χ4v) is 2.34. The highest BCUT2D eigenvalue weighted by atomic mass is 31.1. The van der Waals surface area contributed by atoms with Gasteiger partial charge in [-0.25, -0.2) is 0 Å². The molecule has 0 saturated carbocycles. The third-order valence-electron chi connectivity index (χ3n) is 1.88. The minimum Gasteiger partial charge on any atom is -0.300 e. The second-order valence-electron chi connectivity index (χ2n) is 2.88. The van der Waals surface area contributed by atoms with Gasteiger partial charge in [0.15, 0.2) is 0 Å². The largest absolute Gasteiger partial charge is 0.300 e. The monoisotopic (exact) mass is 175 g/mol. The van der Waals surface area contributed by atoms with Gasteiger partial charge in [0.25, 0.3) is 0 Å². The van der Waals surface area contributed by atoms with Crippen molar-refractivity contribution in [2.24, 2.45) is 0 Å². The fraction of sp³-hybridized carbons (Fsp3) is 1.00. The van der Waals surface area contributed by atoms with Gasteiger partial charge in [0, 0.05) is 19.1 Å². The van der Waals surface area contributed by atoms with Gasteiger partial charge in [0.1, 0.15) is 0 Å². The Balaban J connectivity index is 0.000000461. The molecule has 0 N–H and O–H groups in total. The number of nitrogens with zero attached hydrogens (tertiary/aromatic N) is 1. The smallest absolute Gasteiger partial charge is 0.00388 e. The normalized spacial score (nSPS) is 19.4. The molecule has 1 saturated heterocycles. The van der Waals surface area contributed by atoms with Crippen molar-refractivity contribution in [2.45, 2.75) is 33.7 Å². The third kappa shape index (κ3) is 4.76. The first kappa shape index (κ1) is 11.4. The summed E-state index contributed by atoms with van der Waals surface area (Å²) in [6.45, 7) is 11.3. The molecule has 1 rings (SSSR count). The molecule has 0 aliphatic carbocycles. The molecule has 2 heteroatoms. The Bertz CT molecular complexity index is 77.6. The van der Waals surface area contributed by atoms with Crippen molar-refractivity contribution < 1.29 is 0 Å². The highest BCUT2D eigenvalue weighted by molar-refractivity contribution is 7.38. The van der Waals surface area contributed by atoms with E-state index >= 15 is 0 Å². The van der Waals surface area contributed by atoms with Crippen LogP contribution in [0.15, 0.2) is 0 Å². The van der Waals surface area contributed by atoms with E-state index in [4.69, 9.17) is 0 Å². The van der Waals surface area contributed by atoms with Gasteiger partial charge in [0.05, 0.1) is 0 Å². The molecule has 0 amide bonds. The van der Waals surface area contributed by atoms with Crippen LogP contribution in [0.1, 0.15) is 27.7 Å². The zero-order chi connectivity index (χ0) is 8.69. The van der Waals surface area contributed by atoms with Crippen LogP contribution in [0.2, 0.25) is 0 Å². The maximum Gasteiger partial charge on any atom is 0.00388 e. The van der Waals surface area contributed by atoms with E-state index in [0.29, 0.717) is 0 Å². The summed E-state index contributed by atoms with van der Waals surface area (Å²) in [6.07, 6.45) is 2.89.